The summed E-state index contributed by atoms with van der Waals surface area (Å²) in [6.45, 7) is 4.53. The monoisotopic (exact) mass is 266 g/mol. The molecule has 0 saturated carbocycles. The second-order valence-electron chi connectivity index (χ2n) is 4.87. The van der Waals surface area contributed by atoms with Gasteiger partial charge in [-0.2, -0.15) is 0 Å². The van der Waals surface area contributed by atoms with Crippen molar-refractivity contribution in [1.82, 2.24) is 0 Å². The van der Waals surface area contributed by atoms with Gasteiger partial charge in [-0.05, 0) is 26.0 Å². The summed E-state index contributed by atoms with van der Waals surface area (Å²) in [6, 6.07) is 5.20. The first kappa shape index (κ1) is 15.3. The van der Waals surface area contributed by atoms with E-state index in [1.165, 1.54) is 0 Å². The predicted molar refractivity (Wildman–Crippen MR) is 75.2 cm³/mol. The van der Waals surface area contributed by atoms with Gasteiger partial charge in [0.1, 0.15) is 17.3 Å². The van der Waals surface area contributed by atoms with E-state index >= 15 is 0 Å². The number of rotatable bonds is 7. The Morgan fingerprint density at radius 1 is 1.21 bits per heavy atom. The van der Waals surface area contributed by atoms with Gasteiger partial charge in [0.25, 0.3) is 0 Å². The molecule has 1 aromatic rings. The van der Waals surface area contributed by atoms with E-state index in [4.69, 9.17) is 25.4 Å². The molecule has 0 aliphatic carbocycles. The van der Waals surface area contributed by atoms with Crippen LogP contribution in [0.25, 0.3) is 0 Å². The van der Waals surface area contributed by atoms with Crippen molar-refractivity contribution in [2.45, 2.75) is 25.9 Å². The summed E-state index contributed by atoms with van der Waals surface area (Å²) in [5, 5.41) is 7.46. The quantitative estimate of drug-likeness (QED) is 0.585. The number of nitrogens with one attached hydrogen (secondary N) is 1. The van der Waals surface area contributed by atoms with Crippen LogP contribution in [0.4, 0.5) is 0 Å². The molecule has 0 radical (unpaired) electrons. The van der Waals surface area contributed by atoms with Crippen molar-refractivity contribution < 1.29 is 14.2 Å². The molecular weight excluding hydrogens is 244 g/mol. The third-order valence-corrected chi connectivity index (χ3v) is 2.95. The van der Waals surface area contributed by atoms with Crippen LogP contribution in [0.1, 0.15) is 25.8 Å². The molecule has 1 aromatic carbocycles. The molecule has 0 saturated heterocycles. The zero-order chi connectivity index (χ0) is 14.5. The fraction of sp³-hybridized carbons (Fsp3) is 0.500. The topological polar surface area (TPSA) is 77.6 Å². The number of hydrogen-bond donors (Lipinski definition) is 2. The van der Waals surface area contributed by atoms with Crippen LogP contribution in [0.5, 0.6) is 11.5 Å². The van der Waals surface area contributed by atoms with E-state index in [9.17, 15) is 0 Å². The van der Waals surface area contributed by atoms with E-state index in [1.807, 2.05) is 13.8 Å². The fourth-order valence-corrected chi connectivity index (χ4v) is 1.45. The Balaban J connectivity index is 2.72. The third kappa shape index (κ3) is 4.79. The largest absolute Gasteiger partial charge is 0.497 e. The highest BCUT2D eigenvalue weighted by Gasteiger charge is 2.16. The SMILES string of the molecule is COc1cc(OCCC(C)(C)OC)cc(C(=N)N)c1. The van der Waals surface area contributed by atoms with Gasteiger partial charge >= 0.3 is 0 Å². The molecule has 0 fully saturated rings. The molecule has 0 heterocycles. The summed E-state index contributed by atoms with van der Waals surface area (Å²) in [5.74, 6) is 1.24. The minimum atomic E-state index is -0.220. The van der Waals surface area contributed by atoms with E-state index in [2.05, 4.69) is 0 Å². The third-order valence-electron chi connectivity index (χ3n) is 2.95. The van der Waals surface area contributed by atoms with Crippen LogP contribution in [0, 0.1) is 5.41 Å². The first-order valence-electron chi connectivity index (χ1n) is 6.09. The lowest BCUT2D eigenvalue weighted by atomic mass is 10.1. The first-order valence-corrected chi connectivity index (χ1v) is 6.09. The van der Waals surface area contributed by atoms with E-state index < -0.39 is 0 Å². The van der Waals surface area contributed by atoms with E-state index in [1.54, 1.807) is 32.4 Å². The van der Waals surface area contributed by atoms with Crippen molar-refractivity contribution in [1.29, 1.82) is 5.41 Å². The Morgan fingerprint density at radius 2 is 1.84 bits per heavy atom. The van der Waals surface area contributed by atoms with Crippen molar-refractivity contribution >= 4 is 5.84 Å². The maximum absolute atomic E-state index is 7.46. The number of methoxy groups -OCH3 is 2. The van der Waals surface area contributed by atoms with Gasteiger partial charge in [-0.3, -0.25) is 5.41 Å². The first-order chi connectivity index (χ1) is 8.88. The Kier molecular flexibility index (Phi) is 5.18. The molecule has 5 heteroatoms. The average molecular weight is 266 g/mol. The highest BCUT2D eigenvalue weighted by Crippen LogP contribution is 2.23. The van der Waals surface area contributed by atoms with Crippen molar-refractivity contribution in [2.24, 2.45) is 5.73 Å². The lowest BCUT2D eigenvalue weighted by Crippen LogP contribution is -2.25. The molecule has 0 unspecified atom stereocenters. The van der Waals surface area contributed by atoms with Crippen molar-refractivity contribution in [3.8, 4) is 11.5 Å². The number of ether oxygens (including phenoxy) is 3. The molecule has 3 N–H and O–H groups in total. The standard InChI is InChI=1S/C14H22N2O3/c1-14(2,18-4)5-6-19-12-8-10(13(15)16)7-11(9-12)17-3/h7-9H,5-6H2,1-4H3,(H3,15,16). The molecular formula is C14H22N2O3. The van der Waals surface area contributed by atoms with Crippen LogP contribution in [-0.4, -0.2) is 32.3 Å². The van der Waals surface area contributed by atoms with Crippen molar-refractivity contribution in [3.05, 3.63) is 23.8 Å². The van der Waals surface area contributed by atoms with Gasteiger partial charge in [0.2, 0.25) is 0 Å². The summed E-state index contributed by atoms with van der Waals surface area (Å²) in [4.78, 5) is 0. The van der Waals surface area contributed by atoms with Crippen LogP contribution in [0.15, 0.2) is 18.2 Å². The van der Waals surface area contributed by atoms with E-state index in [0.717, 1.165) is 6.42 Å². The summed E-state index contributed by atoms with van der Waals surface area (Å²) in [7, 11) is 3.25. The molecule has 1 rings (SSSR count). The second-order valence-corrected chi connectivity index (χ2v) is 4.87. The van der Waals surface area contributed by atoms with Crippen molar-refractivity contribution in [2.75, 3.05) is 20.8 Å². The molecule has 0 atom stereocenters. The Labute approximate surface area is 114 Å². The molecule has 0 aromatic heterocycles. The number of nitrogen functional groups attached to an aromatic ring is 1. The zero-order valence-electron chi connectivity index (χ0n) is 11.9. The van der Waals surface area contributed by atoms with Crippen molar-refractivity contribution in [3.63, 3.8) is 0 Å². The molecule has 0 amide bonds. The minimum absolute atomic E-state index is 0.0130. The highest BCUT2D eigenvalue weighted by molar-refractivity contribution is 5.95. The summed E-state index contributed by atoms with van der Waals surface area (Å²) in [5.41, 5.74) is 5.84. The Bertz CT molecular complexity index is 444. The number of nitrogens with two attached hydrogens (primary N) is 1. The molecule has 0 spiro atoms. The van der Waals surface area contributed by atoms with Crippen LogP contribution < -0.4 is 15.2 Å². The van der Waals surface area contributed by atoms with Gasteiger partial charge in [-0.15, -0.1) is 0 Å². The van der Waals surface area contributed by atoms with Crippen LogP contribution >= 0.6 is 0 Å². The zero-order valence-corrected chi connectivity index (χ0v) is 11.9. The van der Waals surface area contributed by atoms with Gasteiger partial charge in [0, 0.05) is 25.2 Å². The lowest BCUT2D eigenvalue weighted by Gasteiger charge is -2.22. The van der Waals surface area contributed by atoms with Gasteiger partial charge in [-0.1, -0.05) is 0 Å². The normalized spacial score (nSPS) is 11.2. The molecule has 19 heavy (non-hydrogen) atoms. The number of amidine groups is 1. The predicted octanol–water partition coefficient (Wildman–Crippen LogP) is 2.17. The number of hydrogen-bond acceptors (Lipinski definition) is 4. The van der Waals surface area contributed by atoms with Gasteiger partial charge in [-0.25, -0.2) is 0 Å². The molecule has 0 bridgehead atoms. The van der Waals surface area contributed by atoms with Gasteiger partial charge < -0.3 is 19.9 Å². The Hall–Kier alpha value is -1.75. The fourth-order valence-electron chi connectivity index (χ4n) is 1.45. The van der Waals surface area contributed by atoms with E-state index in [0.29, 0.717) is 23.7 Å². The summed E-state index contributed by atoms with van der Waals surface area (Å²) in [6.07, 6.45) is 0.760. The second kappa shape index (κ2) is 6.43. The highest BCUT2D eigenvalue weighted by atomic mass is 16.5. The Morgan fingerprint density at radius 3 is 2.37 bits per heavy atom. The maximum atomic E-state index is 7.46. The van der Waals surface area contributed by atoms with E-state index in [-0.39, 0.29) is 11.4 Å². The average Bonchev–Trinajstić information content (AvgIpc) is 2.38. The summed E-state index contributed by atoms with van der Waals surface area (Å²) >= 11 is 0. The number of benzene rings is 1. The molecule has 0 aliphatic heterocycles. The van der Waals surface area contributed by atoms with Gasteiger partial charge in [0.05, 0.1) is 19.3 Å². The van der Waals surface area contributed by atoms with Crippen LogP contribution in [0.2, 0.25) is 0 Å². The van der Waals surface area contributed by atoms with Crippen LogP contribution in [0.3, 0.4) is 0 Å². The maximum Gasteiger partial charge on any atom is 0.123 e. The molecule has 5 nitrogen and oxygen atoms in total. The van der Waals surface area contributed by atoms with Gasteiger partial charge in [0.15, 0.2) is 0 Å². The molecule has 0 aliphatic rings. The minimum Gasteiger partial charge on any atom is -0.497 e. The summed E-state index contributed by atoms with van der Waals surface area (Å²) < 4.78 is 16.1. The van der Waals surface area contributed by atoms with Crippen LogP contribution in [-0.2, 0) is 4.74 Å². The molecule has 106 valence electrons. The smallest absolute Gasteiger partial charge is 0.123 e. The lowest BCUT2D eigenvalue weighted by molar-refractivity contribution is 0.00544.